The van der Waals surface area contributed by atoms with Crippen LogP contribution in [0.15, 0.2) is 48.5 Å². The highest BCUT2D eigenvalue weighted by atomic mass is 16.5. The smallest absolute Gasteiger partial charge is 0.119 e. The van der Waals surface area contributed by atoms with Crippen LogP contribution in [0.4, 0.5) is 0 Å². The maximum atomic E-state index is 9.42. The van der Waals surface area contributed by atoms with Gasteiger partial charge in [-0.3, -0.25) is 0 Å². The van der Waals surface area contributed by atoms with Crippen LogP contribution in [-0.4, -0.2) is 11.7 Å². The van der Waals surface area contributed by atoms with Crippen molar-refractivity contribution in [1.82, 2.24) is 5.32 Å². The zero-order valence-corrected chi connectivity index (χ0v) is 12.7. The first-order valence-electron chi connectivity index (χ1n) is 7.47. The summed E-state index contributed by atoms with van der Waals surface area (Å²) in [6.07, 6.45) is 1.07. The standard InChI is InChI=1S/C18H23NO2/c1-3-18(19-4-2)15-8-10-17(11-9-15)21-13-14-6-5-7-16(20)12-14/h5-12,18-20H,3-4,13H2,1-2H3. The highest BCUT2D eigenvalue weighted by Gasteiger charge is 2.07. The van der Waals surface area contributed by atoms with Crippen molar-refractivity contribution in [2.75, 3.05) is 6.54 Å². The fourth-order valence-corrected chi connectivity index (χ4v) is 2.35. The third kappa shape index (κ3) is 4.50. The average molecular weight is 285 g/mol. The van der Waals surface area contributed by atoms with Crippen LogP contribution in [0.25, 0.3) is 0 Å². The summed E-state index contributed by atoms with van der Waals surface area (Å²) in [6.45, 7) is 5.72. The number of phenols is 1. The third-order valence-electron chi connectivity index (χ3n) is 3.46. The maximum Gasteiger partial charge on any atom is 0.119 e. The van der Waals surface area contributed by atoms with Gasteiger partial charge in [-0.15, -0.1) is 0 Å². The second kappa shape index (κ2) is 7.70. The lowest BCUT2D eigenvalue weighted by atomic mass is 10.0. The van der Waals surface area contributed by atoms with Crippen molar-refractivity contribution in [2.45, 2.75) is 32.9 Å². The monoisotopic (exact) mass is 285 g/mol. The summed E-state index contributed by atoms with van der Waals surface area (Å²) < 4.78 is 5.74. The number of phenolic OH excluding ortho intramolecular Hbond substituents is 1. The van der Waals surface area contributed by atoms with Crippen molar-refractivity contribution >= 4 is 0 Å². The molecule has 3 heteroatoms. The number of rotatable bonds is 7. The Kier molecular flexibility index (Phi) is 5.64. The first-order valence-corrected chi connectivity index (χ1v) is 7.47. The minimum atomic E-state index is 0.267. The van der Waals surface area contributed by atoms with Crippen LogP contribution in [-0.2, 0) is 6.61 Å². The highest BCUT2D eigenvalue weighted by Crippen LogP contribution is 2.21. The molecule has 2 aromatic carbocycles. The molecule has 3 nitrogen and oxygen atoms in total. The molecule has 112 valence electrons. The molecule has 2 N–H and O–H groups in total. The van der Waals surface area contributed by atoms with Gasteiger partial charge in [-0.2, -0.15) is 0 Å². The quantitative estimate of drug-likeness (QED) is 0.807. The summed E-state index contributed by atoms with van der Waals surface area (Å²) in [5.74, 6) is 1.11. The van der Waals surface area contributed by atoms with E-state index in [2.05, 4.69) is 31.3 Å². The Labute approximate surface area is 126 Å². The third-order valence-corrected chi connectivity index (χ3v) is 3.46. The molecule has 0 aliphatic heterocycles. The fourth-order valence-electron chi connectivity index (χ4n) is 2.35. The Morgan fingerprint density at radius 2 is 1.86 bits per heavy atom. The Balaban J connectivity index is 1.96. The van der Waals surface area contributed by atoms with Crippen LogP contribution in [0.2, 0.25) is 0 Å². The number of aromatic hydroxyl groups is 1. The van der Waals surface area contributed by atoms with Crippen molar-refractivity contribution in [1.29, 1.82) is 0 Å². The predicted octanol–water partition coefficient (Wildman–Crippen LogP) is 4.03. The molecule has 21 heavy (non-hydrogen) atoms. The van der Waals surface area contributed by atoms with Gasteiger partial charge in [0, 0.05) is 6.04 Å². The van der Waals surface area contributed by atoms with Gasteiger partial charge in [0.25, 0.3) is 0 Å². The molecule has 0 aliphatic carbocycles. The summed E-state index contributed by atoms with van der Waals surface area (Å²) in [7, 11) is 0. The van der Waals surface area contributed by atoms with E-state index in [0.717, 1.165) is 24.3 Å². The minimum absolute atomic E-state index is 0.267. The molecule has 0 radical (unpaired) electrons. The number of hydrogen-bond donors (Lipinski definition) is 2. The second-order valence-corrected chi connectivity index (χ2v) is 5.05. The topological polar surface area (TPSA) is 41.5 Å². The van der Waals surface area contributed by atoms with E-state index < -0.39 is 0 Å². The van der Waals surface area contributed by atoms with Gasteiger partial charge in [-0.05, 0) is 48.4 Å². The molecule has 0 fully saturated rings. The summed E-state index contributed by atoms with van der Waals surface area (Å²) in [4.78, 5) is 0. The molecule has 2 rings (SSSR count). The van der Waals surface area contributed by atoms with Crippen molar-refractivity contribution < 1.29 is 9.84 Å². The Morgan fingerprint density at radius 1 is 1.10 bits per heavy atom. The van der Waals surface area contributed by atoms with Crippen LogP contribution in [0.5, 0.6) is 11.5 Å². The van der Waals surface area contributed by atoms with Gasteiger partial charge in [0.1, 0.15) is 18.1 Å². The zero-order chi connectivity index (χ0) is 15.1. The fraction of sp³-hybridized carbons (Fsp3) is 0.333. The summed E-state index contributed by atoms with van der Waals surface area (Å²) in [6, 6.07) is 15.7. The van der Waals surface area contributed by atoms with E-state index in [-0.39, 0.29) is 5.75 Å². The number of hydrogen-bond acceptors (Lipinski definition) is 3. The summed E-state index contributed by atoms with van der Waals surface area (Å²) in [5, 5.41) is 12.9. The minimum Gasteiger partial charge on any atom is -0.508 e. The van der Waals surface area contributed by atoms with Crippen molar-refractivity contribution in [3.63, 3.8) is 0 Å². The molecule has 0 spiro atoms. The van der Waals surface area contributed by atoms with Gasteiger partial charge in [0.05, 0.1) is 0 Å². The van der Waals surface area contributed by atoms with E-state index >= 15 is 0 Å². The number of nitrogens with one attached hydrogen (secondary N) is 1. The normalized spacial score (nSPS) is 12.1. The van der Waals surface area contributed by atoms with Crippen molar-refractivity contribution in [3.05, 3.63) is 59.7 Å². The Morgan fingerprint density at radius 3 is 2.48 bits per heavy atom. The zero-order valence-electron chi connectivity index (χ0n) is 12.7. The molecule has 0 saturated heterocycles. The van der Waals surface area contributed by atoms with Gasteiger partial charge >= 0.3 is 0 Å². The van der Waals surface area contributed by atoms with Gasteiger partial charge in [-0.25, -0.2) is 0 Å². The van der Waals surface area contributed by atoms with Gasteiger partial charge in [-0.1, -0.05) is 38.1 Å². The molecule has 0 saturated carbocycles. The van der Waals surface area contributed by atoms with Crippen LogP contribution < -0.4 is 10.1 Å². The SMILES string of the molecule is CCNC(CC)c1ccc(OCc2cccc(O)c2)cc1. The van der Waals surface area contributed by atoms with Crippen LogP contribution >= 0.6 is 0 Å². The van der Waals surface area contributed by atoms with E-state index in [1.54, 1.807) is 12.1 Å². The molecule has 1 unspecified atom stereocenters. The summed E-state index contributed by atoms with van der Waals surface area (Å²) >= 11 is 0. The molecular weight excluding hydrogens is 262 g/mol. The van der Waals surface area contributed by atoms with Gasteiger partial charge in [0.15, 0.2) is 0 Å². The first-order chi connectivity index (χ1) is 10.2. The first kappa shape index (κ1) is 15.4. The van der Waals surface area contributed by atoms with Crippen LogP contribution in [0.3, 0.4) is 0 Å². The molecule has 0 aromatic heterocycles. The van der Waals surface area contributed by atoms with E-state index in [0.29, 0.717) is 12.6 Å². The Hall–Kier alpha value is -2.00. The molecule has 0 amide bonds. The lowest BCUT2D eigenvalue weighted by Gasteiger charge is -2.16. The summed E-state index contributed by atoms with van der Waals surface area (Å²) in [5.41, 5.74) is 2.24. The van der Waals surface area contributed by atoms with E-state index in [1.165, 1.54) is 5.56 Å². The largest absolute Gasteiger partial charge is 0.508 e. The van der Waals surface area contributed by atoms with Gasteiger partial charge < -0.3 is 15.2 Å². The predicted molar refractivity (Wildman–Crippen MR) is 85.6 cm³/mol. The van der Waals surface area contributed by atoms with E-state index in [9.17, 15) is 5.11 Å². The van der Waals surface area contributed by atoms with Crippen molar-refractivity contribution in [2.24, 2.45) is 0 Å². The number of ether oxygens (including phenoxy) is 1. The van der Waals surface area contributed by atoms with Crippen LogP contribution in [0, 0.1) is 0 Å². The lowest BCUT2D eigenvalue weighted by Crippen LogP contribution is -2.19. The number of benzene rings is 2. The molecular formula is C18H23NO2. The second-order valence-electron chi connectivity index (χ2n) is 5.05. The average Bonchev–Trinajstić information content (AvgIpc) is 2.51. The molecule has 0 heterocycles. The Bertz CT molecular complexity index is 551. The highest BCUT2D eigenvalue weighted by molar-refractivity contribution is 5.30. The van der Waals surface area contributed by atoms with E-state index in [4.69, 9.17) is 4.74 Å². The van der Waals surface area contributed by atoms with E-state index in [1.807, 2.05) is 24.3 Å². The molecule has 2 aromatic rings. The van der Waals surface area contributed by atoms with Gasteiger partial charge in [0.2, 0.25) is 0 Å². The van der Waals surface area contributed by atoms with Crippen LogP contribution in [0.1, 0.15) is 37.4 Å². The maximum absolute atomic E-state index is 9.42. The lowest BCUT2D eigenvalue weighted by molar-refractivity contribution is 0.305. The molecule has 1 atom stereocenters. The van der Waals surface area contributed by atoms with Crippen molar-refractivity contribution in [3.8, 4) is 11.5 Å². The molecule has 0 bridgehead atoms. The molecule has 0 aliphatic rings.